The molecule has 0 unspecified atom stereocenters. The molecule has 0 aliphatic carbocycles. The van der Waals surface area contributed by atoms with E-state index in [1.807, 2.05) is 44.4 Å². The Hall–Kier alpha value is -2.34. The summed E-state index contributed by atoms with van der Waals surface area (Å²) in [7, 11) is 1.84. The molecule has 25 heavy (non-hydrogen) atoms. The maximum atomic E-state index is 12.4. The summed E-state index contributed by atoms with van der Waals surface area (Å²) in [5, 5.41) is 10.3. The number of hydrogen-bond acceptors (Lipinski definition) is 4. The van der Waals surface area contributed by atoms with Crippen molar-refractivity contribution in [3.8, 4) is 16.9 Å². The number of carbonyl (C=O) groups excluding carboxylic acids is 1. The highest BCUT2D eigenvalue weighted by molar-refractivity contribution is 5.81. The second-order valence-corrected chi connectivity index (χ2v) is 6.55. The van der Waals surface area contributed by atoms with Crippen LogP contribution in [-0.2, 0) is 4.79 Å². The van der Waals surface area contributed by atoms with Crippen LogP contribution < -0.4 is 10.1 Å². The fraction of sp³-hybridized carbons (Fsp3) is 0.474. The molecule has 3 rings (SSSR count). The van der Waals surface area contributed by atoms with Gasteiger partial charge in [0.25, 0.3) is 0 Å². The van der Waals surface area contributed by atoms with Crippen molar-refractivity contribution in [2.75, 3.05) is 26.7 Å². The number of rotatable bonds is 6. The van der Waals surface area contributed by atoms with Gasteiger partial charge in [-0.3, -0.25) is 9.89 Å². The number of aryl methyl sites for hydroxylation is 1. The van der Waals surface area contributed by atoms with Gasteiger partial charge in [-0.05, 0) is 44.0 Å². The highest BCUT2D eigenvalue weighted by atomic mass is 16.5. The fourth-order valence-corrected chi connectivity index (χ4v) is 3.13. The Balaban J connectivity index is 1.52. The lowest BCUT2D eigenvalue weighted by Crippen LogP contribution is -2.48. The first-order valence-electron chi connectivity index (χ1n) is 8.86. The molecular weight excluding hydrogens is 316 g/mol. The first kappa shape index (κ1) is 17.5. The molecule has 2 heterocycles. The van der Waals surface area contributed by atoms with Crippen LogP contribution in [0.25, 0.3) is 11.1 Å². The lowest BCUT2D eigenvalue weighted by Gasteiger charge is -2.27. The zero-order valence-electron chi connectivity index (χ0n) is 14.9. The van der Waals surface area contributed by atoms with Crippen LogP contribution >= 0.6 is 0 Å². The Bertz CT molecular complexity index is 707. The van der Waals surface area contributed by atoms with E-state index in [1.165, 1.54) is 0 Å². The molecule has 0 bridgehead atoms. The molecule has 6 heteroatoms. The molecule has 1 aliphatic rings. The van der Waals surface area contributed by atoms with Gasteiger partial charge in [0.15, 0.2) is 0 Å². The zero-order valence-corrected chi connectivity index (χ0v) is 14.9. The van der Waals surface area contributed by atoms with Crippen molar-refractivity contribution < 1.29 is 9.53 Å². The molecule has 6 nitrogen and oxygen atoms in total. The summed E-state index contributed by atoms with van der Waals surface area (Å²) in [6.45, 7) is 3.98. The zero-order chi connectivity index (χ0) is 17.6. The van der Waals surface area contributed by atoms with Gasteiger partial charge in [0.05, 0.1) is 18.8 Å². The number of likely N-dealkylation sites (N-methyl/N-ethyl adjacent to an activating group) is 1. The number of ether oxygens (including phenoxy) is 1. The number of piperidine rings is 1. The molecule has 134 valence electrons. The number of H-pyrrole nitrogens is 1. The number of benzene rings is 1. The average molecular weight is 342 g/mol. The number of nitrogens with one attached hydrogen (secondary N) is 2. The Morgan fingerprint density at radius 2 is 2.28 bits per heavy atom. The van der Waals surface area contributed by atoms with Gasteiger partial charge in [-0.2, -0.15) is 5.10 Å². The van der Waals surface area contributed by atoms with Crippen LogP contribution in [-0.4, -0.2) is 53.8 Å². The Morgan fingerprint density at radius 1 is 1.40 bits per heavy atom. The fourth-order valence-electron chi connectivity index (χ4n) is 3.13. The molecule has 1 saturated heterocycles. The summed E-state index contributed by atoms with van der Waals surface area (Å²) in [5.41, 5.74) is 3.17. The second kappa shape index (κ2) is 8.16. The molecule has 1 atom stereocenters. The highest BCUT2D eigenvalue weighted by Gasteiger charge is 2.23. The normalized spacial score (nSPS) is 17.3. The smallest absolute Gasteiger partial charge is 0.239 e. The van der Waals surface area contributed by atoms with Crippen LogP contribution in [0.4, 0.5) is 0 Å². The van der Waals surface area contributed by atoms with Crippen LogP contribution in [0.2, 0.25) is 0 Å². The van der Waals surface area contributed by atoms with Crippen LogP contribution in [0.3, 0.4) is 0 Å². The molecule has 0 saturated carbocycles. The van der Waals surface area contributed by atoms with Crippen molar-refractivity contribution in [2.45, 2.75) is 32.2 Å². The Kier molecular flexibility index (Phi) is 5.71. The molecule has 2 aromatic rings. The van der Waals surface area contributed by atoms with Gasteiger partial charge in [0.1, 0.15) is 12.4 Å². The summed E-state index contributed by atoms with van der Waals surface area (Å²) in [4.78, 5) is 14.1. The third-order valence-electron chi connectivity index (χ3n) is 4.66. The van der Waals surface area contributed by atoms with E-state index >= 15 is 0 Å². The van der Waals surface area contributed by atoms with Gasteiger partial charge >= 0.3 is 0 Å². The van der Waals surface area contributed by atoms with Crippen molar-refractivity contribution in [2.24, 2.45) is 0 Å². The standard InChI is InChI=1S/C19H26N4O2/c1-14-17(13-21-22-14)15-6-5-7-16(12-15)25-11-10-23(2)19(24)18-8-3-4-9-20-18/h5-7,12-13,18,20H,3-4,8-11H2,1-2H3,(H,21,22)/t18-/m1/s1. The number of carbonyl (C=O) groups is 1. The van der Waals surface area contributed by atoms with Crippen LogP contribution in [0.15, 0.2) is 30.5 Å². The van der Waals surface area contributed by atoms with Crippen molar-refractivity contribution in [1.82, 2.24) is 20.4 Å². The van der Waals surface area contributed by atoms with E-state index in [2.05, 4.69) is 15.5 Å². The van der Waals surface area contributed by atoms with Gasteiger partial charge in [0, 0.05) is 18.3 Å². The first-order valence-corrected chi connectivity index (χ1v) is 8.86. The summed E-state index contributed by atoms with van der Waals surface area (Å²) in [6, 6.07) is 7.91. The minimum Gasteiger partial charge on any atom is -0.492 e. The summed E-state index contributed by atoms with van der Waals surface area (Å²) in [5.74, 6) is 0.959. The molecule has 2 N–H and O–H groups in total. The van der Waals surface area contributed by atoms with E-state index in [0.717, 1.165) is 48.4 Å². The van der Waals surface area contributed by atoms with Crippen molar-refractivity contribution in [1.29, 1.82) is 0 Å². The highest BCUT2D eigenvalue weighted by Crippen LogP contribution is 2.25. The summed E-state index contributed by atoms with van der Waals surface area (Å²) in [6.07, 6.45) is 5.02. The van der Waals surface area contributed by atoms with E-state index in [1.54, 1.807) is 4.90 Å². The number of amides is 1. The maximum Gasteiger partial charge on any atom is 0.239 e. The molecule has 1 amide bonds. The van der Waals surface area contributed by atoms with E-state index in [0.29, 0.717) is 13.2 Å². The monoisotopic (exact) mass is 342 g/mol. The molecule has 1 aromatic heterocycles. The number of hydrogen-bond donors (Lipinski definition) is 2. The number of aromatic amines is 1. The Labute approximate surface area is 148 Å². The lowest BCUT2D eigenvalue weighted by atomic mass is 10.0. The predicted molar refractivity (Wildman–Crippen MR) is 97.5 cm³/mol. The van der Waals surface area contributed by atoms with Crippen molar-refractivity contribution >= 4 is 5.91 Å². The minimum atomic E-state index is -0.0360. The molecular formula is C19H26N4O2. The van der Waals surface area contributed by atoms with Gasteiger partial charge in [-0.25, -0.2) is 0 Å². The van der Waals surface area contributed by atoms with Crippen LogP contribution in [0.1, 0.15) is 25.0 Å². The SMILES string of the molecule is Cc1[nH]ncc1-c1cccc(OCCN(C)C(=O)[C@H]2CCCCN2)c1. The Morgan fingerprint density at radius 3 is 3.00 bits per heavy atom. The van der Waals surface area contributed by atoms with E-state index in [-0.39, 0.29) is 11.9 Å². The quantitative estimate of drug-likeness (QED) is 0.845. The van der Waals surface area contributed by atoms with Gasteiger partial charge in [-0.15, -0.1) is 0 Å². The summed E-state index contributed by atoms with van der Waals surface area (Å²) < 4.78 is 5.85. The second-order valence-electron chi connectivity index (χ2n) is 6.55. The summed E-state index contributed by atoms with van der Waals surface area (Å²) >= 11 is 0. The van der Waals surface area contributed by atoms with Gasteiger partial charge < -0.3 is 15.0 Å². The van der Waals surface area contributed by atoms with Crippen molar-refractivity contribution in [3.63, 3.8) is 0 Å². The third kappa shape index (κ3) is 4.39. The average Bonchev–Trinajstić information content (AvgIpc) is 3.08. The van der Waals surface area contributed by atoms with Crippen LogP contribution in [0, 0.1) is 6.92 Å². The van der Waals surface area contributed by atoms with E-state index in [4.69, 9.17) is 4.74 Å². The largest absolute Gasteiger partial charge is 0.492 e. The molecule has 1 fully saturated rings. The predicted octanol–water partition coefficient (Wildman–Crippen LogP) is 2.36. The van der Waals surface area contributed by atoms with Crippen LogP contribution in [0.5, 0.6) is 5.75 Å². The maximum absolute atomic E-state index is 12.4. The van der Waals surface area contributed by atoms with Gasteiger partial charge in [0.2, 0.25) is 5.91 Å². The van der Waals surface area contributed by atoms with Gasteiger partial charge in [-0.1, -0.05) is 18.6 Å². The molecule has 1 aliphatic heterocycles. The van der Waals surface area contributed by atoms with E-state index in [9.17, 15) is 4.79 Å². The first-order chi connectivity index (χ1) is 12.1. The molecule has 0 radical (unpaired) electrons. The minimum absolute atomic E-state index is 0.0360. The number of nitrogens with zero attached hydrogens (tertiary/aromatic N) is 2. The van der Waals surface area contributed by atoms with Crippen molar-refractivity contribution in [3.05, 3.63) is 36.2 Å². The topological polar surface area (TPSA) is 70.2 Å². The van der Waals surface area contributed by atoms with E-state index < -0.39 is 0 Å². The lowest BCUT2D eigenvalue weighted by molar-refractivity contribution is -0.133. The molecule has 1 aromatic carbocycles. The molecule has 0 spiro atoms. The number of aromatic nitrogens is 2. The third-order valence-corrected chi connectivity index (χ3v) is 4.66.